The van der Waals surface area contributed by atoms with Crippen LogP contribution in [0.5, 0.6) is 0 Å². The number of para-hydroxylation sites is 3. The molecule has 26 heavy (non-hydrogen) atoms. The van der Waals surface area contributed by atoms with Crippen molar-refractivity contribution in [2.45, 2.75) is 26.2 Å². The topological polar surface area (TPSA) is 60.4 Å². The second-order valence-corrected chi connectivity index (χ2v) is 6.50. The van der Waals surface area contributed by atoms with Gasteiger partial charge in [-0.15, -0.1) is 0 Å². The molecule has 0 aliphatic heterocycles. The lowest BCUT2D eigenvalue weighted by atomic mass is 10.2. The van der Waals surface area contributed by atoms with E-state index in [4.69, 9.17) is 14.4 Å². The molecule has 0 fully saturated rings. The third-order valence-electron chi connectivity index (χ3n) is 4.81. The molecular weight excluding hydrogens is 326 g/mol. The fourth-order valence-corrected chi connectivity index (χ4v) is 3.53. The number of rotatable bonds is 3. The lowest BCUT2D eigenvalue weighted by molar-refractivity contribution is 0.634. The molecule has 0 unspecified atom stereocenters. The highest BCUT2D eigenvalue weighted by atomic mass is 16.3. The van der Waals surface area contributed by atoms with Crippen LogP contribution in [0.15, 0.2) is 57.7 Å². The Morgan fingerprint density at radius 2 is 1.85 bits per heavy atom. The van der Waals surface area contributed by atoms with Gasteiger partial charge >= 0.3 is 0 Å². The lowest BCUT2D eigenvalue weighted by Gasteiger charge is -2.08. The maximum absolute atomic E-state index is 13.2. The maximum atomic E-state index is 13.2. The highest BCUT2D eigenvalue weighted by Crippen LogP contribution is 2.26. The van der Waals surface area contributed by atoms with E-state index in [0.29, 0.717) is 27.7 Å². The standard InChI is InChI=1S/C21H17N3O2/c1-2-3-12-17-23-21-18(19(25)13-8-4-7-11-16(13)26-21)20-22-14-9-5-6-10-15(14)24(17)20/h4-11H,2-3,12H2,1H3. The second-order valence-electron chi connectivity index (χ2n) is 6.50. The van der Waals surface area contributed by atoms with Crippen LogP contribution in [0, 0.1) is 0 Å². The van der Waals surface area contributed by atoms with E-state index in [-0.39, 0.29) is 5.43 Å². The summed E-state index contributed by atoms with van der Waals surface area (Å²) in [4.78, 5) is 22.6. The maximum Gasteiger partial charge on any atom is 0.236 e. The third-order valence-corrected chi connectivity index (χ3v) is 4.81. The summed E-state index contributed by atoms with van der Waals surface area (Å²) < 4.78 is 8.00. The van der Waals surface area contributed by atoms with Crippen molar-refractivity contribution < 1.29 is 4.42 Å². The van der Waals surface area contributed by atoms with Crippen LogP contribution < -0.4 is 5.43 Å². The summed E-state index contributed by atoms with van der Waals surface area (Å²) in [5.41, 5.74) is 3.28. The molecule has 3 aromatic heterocycles. The van der Waals surface area contributed by atoms with Crippen molar-refractivity contribution in [1.29, 1.82) is 0 Å². The Morgan fingerprint density at radius 3 is 2.73 bits per heavy atom. The molecule has 5 nitrogen and oxygen atoms in total. The summed E-state index contributed by atoms with van der Waals surface area (Å²) in [5, 5.41) is 0.997. The number of fused-ring (bicyclic) bond motifs is 6. The summed E-state index contributed by atoms with van der Waals surface area (Å²) in [6.07, 6.45) is 2.88. The first-order valence-corrected chi connectivity index (χ1v) is 8.89. The number of hydrogen-bond donors (Lipinski definition) is 0. The average molecular weight is 343 g/mol. The van der Waals surface area contributed by atoms with E-state index in [1.807, 2.05) is 40.8 Å². The van der Waals surface area contributed by atoms with Crippen molar-refractivity contribution >= 4 is 38.7 Å². The molecule has 0 saturated carbocycles. The third kappa shape index (κ3) is 2.07. The number of aromatic nitrogens is 3. The molecule has 5 aromatic rings. The van der Waals surface area contributed by atoms with Gasteiger partial charge in [-0.3, -0.25) is 9.20 Å². The predicted octanol–water partition coefficient (Wildman–Crippen LogP) is 4.48. The summed E-state index contributed by atoms with van der Waals surface area (Å²) in [7, 11) is 0. The van der Waals surface area contributed by atoms with Gasteiger partial charge in [0, 0.05) is 6.42 Å². The van der Waals surface area contributed by atoms with Crippen LogP contribution in [-0.4, -0.2) is 14.4 Å². The Kier molecular flexibility index (Phi) is 3.28. The number of aryl methyl sites for hydroxylation is 1. The van der Waals surface area contributed by atoms with Gasteiger partial charge in [-0.2, -0.15) is 4.98 Å². The molecular formula is C21H17N3O2. The SMILES string of the molecule is CCCCc1nc2oc3ccccc3c(=O)c2c2nc3ccccc3n12. The molecule has 0 spiro atoms. The highest BCUT2D eigenvalue weighted by Gasteiger charge is 2.18. The second kappa shape index (κ2) is 5.66. The lowest BCUT2D eigenvalue weighted by Crippen LogP contribution is -2.09. The van der Waals surface area contributed by atoms with Crippen LogP contribution in [-0.2, 0) is 6.42 Å². The zero-order valence-corrected chi connectivity index (χ0v) is 14.4. The van der Waals surface area contributed by atoms with Gasteiger partial charge < -0.3 is 4.42 Å². The van der Waals surface area contributed by atoms with Crippen LogP contribution in [0.4, 0.5) is 0 Å². The normalized spacial score (nSPS) is 11.9. The van der Waals surface area contributed by atoms with E-state index in [0.717, 1.165) is 36.1 Å². The van der Waals surface area contributed by atoms with Gasteiger partial charge in [-0.25, -0.2) is 4.98 Å². The smallest absolute Gasteiger partial charge is 0.236 e. The molecule has 0 amide bonds. The Bertz CT molecular complexity index is 1350. The minimum Gasteiger partial charge on any atom is -0.437 e. The molecule has 5 rings (SSSR count). The van der Waals surface area contributed by atoms with Crippen LogP contribution >= 0.6 is 0 Å². The fourth-order valence-electron chi connectivity index (χ4n) is 3.53. The van der Waals surface area contributed by atoms with Crippen molar-refractivity contribution in [3.8, 4) is 0 Å². The van der Waals surface area contributed by atoms with Gasteiger partial charge in [0.05, 0.1) is 16.4 Å². The van der Waals surface area contributed by atoms with Crippen LogP contribution in [0.25, 0.3) is 38.7 Å². The van der Waals surface area contributed by atoms with Gasteiger partial charge in [0.15, 0.2) is 5.65 Å². The Labute approximate surface area is 148 Å². The largest absolute Gasteiger partial charge is 0.437 e. The molecule has 3 heterocycles. The van der Waals surface area contributed by atoms with Crippen molar-refractivity contribution in [3.05, 3.63) is 64.6 Å². The number of hydrogen-bond acceptors (Lipinski definition) is 4. The Morgan fingerprint density at radius 1 is 1.04 bits per heavy atom. The van der Waals surface area contributed by atoms with Crippen molar-refractivity contribution in [1.82, 2.24) is 14.4 Å². The monoisotopic (exact) mass is 343 g/mol. The van der Waals surface area contributed by atoms with Crippen molar-refractivity contribution in [3.63, 3.8) is 0 Å². The molecule has 0 radical (unpaired) electrons. The van der Waals surface area contributed by atoms with Crippen molar-refractivity contribution in [2.75, 3.05) is 0 Å². The number of imidazole rings is 1. The van der Waals surface area contributed by atoms with Gasteiger partial charge in [-0.1, -0.05) is 37.6 Å². The Hall–Kier alpha value is -3.21. The van der Waals surface area contributed by atoms with E-state index in [1.165, 1.54) is 0 Å². The minimum absolute atomic E-state index is 0.0864. The van der Waals surface area contributed by atoms with E-state index >= 15 is 0 Å². The number of benzene rings is 2. The highest BCUT2D eigenvalue weighted by molar-refractivity contribution is 5.98. The quantitative estimate of drug-likeness (QED) is 0.453. The van der Waals surface area contributed by atoms with Gasteiger partial charge in [-0.05, 0) is 30.7 Å². The van der Waals surface area contributed by atoms with Gasteiger partial charge in [0.1, 0.15) is 16.8 Å². The fraction of sp³-hybridized carbons (Fsp3) is 0.190. The van der Waals surface area contributed by atoms with E-state index in [2.05, 4.69) is 6.92 Å². The first-order chi connectivity index (χ1) is 12.8. The molecule has 128 valence electrons. The van der Waals surface area contributed by atoms with E-state index in [1.54, 1.807) is 12.1 Å². The van der Waals surface area contributed by atoms with Crippen LogP contribution in [0.2, 0.25) is 0 Å². The molecule has 5 heteroatoms. The Balaban J connectivity index is 2.02. The molecule has 0 N–H and O–H groups in total. The first-order valence-electron chi connectivity index (χ1n) is 8.89. The van der Waals surface area contributed by atoms with E-state index in [9.17, 15) is 4.79 Å². The zero-order valence-electron chi connectivity index (χ0n) is 14.4. The average Bonchev–Trinajstić information content (AvgIpc) is 3.05. The van der Waals surface area contributed by atoms with Crippen molar-refractivity contribution in [2.24, 2.45) is 0 Å². The number of unbranched alkanes of at least 4 members (excludes halogenated alkanes) is 1. The molecule has 2 aromatic carbocycles. The predicted molar refractivity (Wildman–Crippen MR) is 103 cm³/mol. The van der Waals surface area contributed by atoms with Gasteiger partial charge in [0.25, 0.3) is 0 Å². The zero-order chi connectivity index (χ0) is 17.7. The van der Waals surface area contributed by atoms with Gasteiger partial charge in [0.2, 0.25) is 11.1 Å². The molecule has 0 aliphatic carbocycles. The summed E-state index contributed by atoms with van der Waals surface area (Å²) in [6, 6.07) is 15.2. The summed E-state index contributed by atoms with van der Waals surface area (Å²) in [6.45, 7) is 2.15. The molecule has 0 bridgehead atoms. The van der Waals surface area contributed by atoms with Crippen LogP contribution in [0.1, 0.15) is 25.6 Å². The first kappa shape index (κ1) is 15.1. The molecule has 0 aliphatic rings. The van der Waals surface area contributed by atoms with Crippen LogP contribution in [0.3, 0.4) is 0 Å². The molecule has 0 atom stereocenters. The summed E-state index contributed by atoms with van der Waals surface area (Å²) in [5.74, 6) is 0.876. The summed E-state index contributed by atoms with van der Waals surface area (Å²) >= 11 is 0. The molecule has 0 saturated heterocycles. The number of nitrogens with zero attached hydrogens (tertiary/aromatic N) is 3. The van der Waals surface area contributed by atoms with E-state index < -0.39 is 0 Å². The minimum atomic E-state index is -0.0864.